The number of aryl methyl sites for hydroxylation is 2. The third-order valence-electron chi connectivity index (χ3n) is 6.97. The van der Waals surface area contributed by atoms with E-state index in [9.17, 15) is 9.90 Å². The molecular formula is C30H31FN4O2. The highest BCUT2D eigenvalue weighted by atomic mass is 19.1. The van der Waals surface area contributed by atoms with Gasteiger partial charge in [-0.15, -0.1) is 0 Å². The van der Waals surface area contributed by atoms with E-state index in [1.165, 1.54) is 12.1 Å². The van der Waals surface area contributed by atoms with E-state index >= 15 is 4.39 Å². The van der Waals surface area contributed by atoms with E-state index in [-0.39, 0.29) is 5.56 Å². The number of hydrogen-bond donors (Lipinski definition) is 3. The number of carbonyl (C=O) groups excluding carboxylic acids is 1. The van der Waals surface area contributed by atoms with Crippen molar-refractivity contribution in [1.82, 2.24) is 20.2 Å². The van der Waals surface area contributed by atoms with Gasteiger partial charge in [-0.1, -0.05) is 48.5 Å². The Morgan fingerprint density at radius 3 is 2.81 bits per heavy atom. The summed E-state index contributed by atoms with van der Waals surface area (Å²) in [6.45, 7) is 4.41. The van der Waals surface area contributed by atoms with Crippen molar-refractivity contribution in [2.24, 2.45) is 0 Å². The van der Waals surface area contributed by atoms with Crippen LogP contribution in [0.3, 0.4) is 0 Å². The highest BCUT2D eigenvalue weighted by Gasteiger charge is 2.33. The molecule has 1 amide bonds. The van der Waals surface area contributed by atoms with Crippen molar-refractivity contribution in [1.29, 1.82) is 0 Å². The molecule has 1 aliphatic carbocycles. The van der Waals surface area contributed by atoms with Gasteiger partial charge in [0.05, 0.1) is 24.0 Å². The van der Waals surface area contributed by atoms with Gasteiger partial charge in [0.1, 0.15) is 5.82 Å². The normalized spacial score (nSPS) is 16.5. The van der Waals surface area contributed by atoms with Gasteiger partial charge in [-0.3, -0.25) is 4.79 Å². The SMILES string of the molecule is Cc1ccccc1-c1ccc(C(=O)N[C@@H]2c3cc(CNCCCn4ccnc4)ccc3C[C@H]2O)c(F)c1. The minimum absolute atomic E-state index is 0.0336. The van der Waals surface area contributed by atoms with Gasteiger partial charge in [-0.2, -0.15) is 0 Å². The summed E-state index contributed by atoms with van der Waals surface area (Å²) in [4.78, 5) is 17.1. The zero-order valence-corrected chi connectivity index (χ0v) is 20.8. The van der Waals surface area contributed by atoms with E-state index in [2.05, 4.69) is 15.6 Å². The Hall–Kier alpha value is -3.81. The maximum Gasteiger partial charge on any atom is 0.254 e. The molecule has 0 unspecified atom stereocenters. The first-order chi connectivity index (χ1) is 18.0. The maximum atomic E-state index is 15.0. The molecule has 0 aliphatic heterocycles. The predicted octanol–water partition coefficient (Wildman–Crippen LogP) is 4.57. The van der Waals surface area contributed by atoms with Crippen LogP contribution in [-0.4, -0.2) is 33.2 Å². The Bertz CT molecular complexity index is 1390. The number of rotatable bonds is 9. The molecule has 1 aliphatic rings. The number of hydrogen-bond acceptors (Lipinski definition) is 4. The molecule has 37 heavy (non-hydrogen) atoms. The number of nitrogens with one attached hydrogen (secondary N) is 2. The second-order valence-corrected chi connectivity index (χ2v) is 9.60. The number of fused-ring (bicyclic) bond motifs is 1. The van der Waals surface area contributed by atoms with Crippen LogP contribution < -0.4 is 10.6 Å². The molecule has 7 heteroatoms. The first-order valence-corrected chi connectivity index (χ1v) is 12.6. The monoisotopic (exact) mass is 498 g/mol. The standard InChI is InChI=1S/C30H31FN4O2/c1-20-5-2-3-6-24(20)22-9-10-25(27(31)16-22)30(37)34-29-26-15-21(7-8-23(26)17-28(29)36)18-32-11-4-13-35-14-12-33-19-35/h2-3,5-10,12,14-16,19,28-29,32,36H,4,11,13,17-18H2,1H3,(H,34,37)/t28-,29-/m1/s1. The number of amides is 1. The molecule has 0 spiro atoms. The molecule has 3 N–H and O–H groups in total. The predicted molar refractivity (Wildman–Crippen MR) is 141 cm³/mol. The van der Waals surface area contributed by atoms with Crippen LogP contribution in [0.5, 0.6) is 0 Å². The number of aliphatic hydroxyl groups excluding tert-OH is 1. The van der Waals surface area contributed by atoms with Crippen LogP contribution in [0.15, 0.2) is 79.4 Å². The molecule has 1 heterocycles. The Morgan fingerprint density at radius 1 is 1.16 bits per heavy atom. The zero-order valence-electron chi connectivity index (χ0n) is 20.8. The lowest BCUT2D eigenvalue weighted by Crippen LogP contribution is -2.34. The third-order valence-corrected chi connectivity index (χ3v) is 6.97. The van der Waals surface area contributed by atoms with Crippen molar-refractivity contribution in [2.45, 2.75) is 45.0 Å². The fourth-order valence-electron chi connectivity index (χ4n) is 4.98. The van der Waals surface area contributed by atoms with Crippen molar-refractivity contribution in [3.05, 3.63) is 113 Å². The minimum atomic E-state index is -0.758. The van der Waals surface area contributed by atoms with Gasteiger partial charge in [-0.05, 0) is 65.4 Å². The molecule has 0 saturated carbocycles. The van der Waals surface area contributed by atoms with Crippen molar-refractivity contribution >= 4 is 5.91 Å². The number of benzene rings is 3. The van der Waals surface area contributed by atoms with Gasteiger partial charge in [0.25, 0.3) is 5.91 Å². The lowest BCUT2D eigenvalue weighted by Gasteiger charge is -2.19. The van der Waals surface area contributed by atoms with Crippen LogP contribution in [0, 0.1) is 12.7 Å². The van der Waals surface area contributed by atoms with E-state index in [0.29, 0.717) is 13.0 Å². The van der Waals surface area contributed by atoms with E-state index in [4.69, 9.17) is 0 Å². The van der Waals surface area contributed by atoms with Crippen molar-refractivity contribution in [2.75, 3.05) is 6.54 Å². The first-order valence-electron chi connectivity index (χ1n) is 12.6. The first kappa shape index (κ1) is 24.9. The summed E-state index contributed by atoms with van der Waals surface area (Å²) >= 11 is 0. The number of carbonyl (C=O) groups is 1. The Balaban J connectivity index is 1.23. The number of halogens is 1. The Labute approximate surface area is 216 Å². The molecule has 5 rings (SSSR count). The molecule has 0 bridgehead atoms. The molecule has 1 aromatic heterocycles. The van der Waals surface area contributed by atoms with E-state index in [0.717, 1.165) is 52.9 Å². The van der Waals surface area contributed by atoms with E-state index < -0.39 is 23.9 Å². The second kappa shape index (κ2) is 11.1. The molecule has 3 aromatic carbocycles. The van der Waals surface area contributed by atoms with E-state index in [1.54, 1.807) is 12.3 Å². The van der Waals surface area contributed by atoms with Crippen LogP contribution in [0.2, 0.25) is 0 Å². The molecule has 6 nitrogen and oxygen atoms in total. The topological polar surface area (TPSA) is 79.2 Å². The number of nitrogens with zero attached hydrogens (tertiary/aromatic N) is 2. The maximum absolute atomic E-state index is 15.0. The molecular weight excluding hydrogens is 467 g/mol. The summed E-state index contributed by atoms with van der Waals surface area (Å²) in [6.07, 6.45) is 6.21. The lowest BCUT2D eigenvalue weighted by atomic mass is 9.99. The second-order valence-electron chi connectivity index (χ2n) is 9.60. The molecule has 4 aromatic rings. The summed E-state index contributed by atoms with van der Waals surface area (Å²) in [6, 6.07) is 17.9. The summed E-state index contributed by atoms with van der Waals surface area (Å²) in [5, 5.41) is 17.0. The Kier molecular flexibility index (Phi) is 7.44. The third kappa shape index (κ3) is 5.63. The number of imidazole rings is 1. The fourth-order valence-corrected chi connectivity index (χ4v) is 4.98. The average molecular weight is 499 g/mol. The van der Waals surface area contributed by atoms with Crippen LogP contribution in [-0.2, 0) is 19.5 Å². The average Bonchev–Trinajstić information content (AvgIpc) is 3.52. The van der Waals surface area contributed by atoms with Crippen molar-refractivity contribution in [3.63, 3.8) is 0 Å². The lowest BCUT2D eigenvalue weighted by molar-refractivity contribution is 0.0854. The highest BCUT2D eigenvalue weighted by molar-refractivity contribution is 5.95. The Morgan fingerprint density at radius 2 is 2.03 bits per heavy atom. The molecule has 0 fully saturated rings. The molecule has 0 radical (unpaired) electrons. The van der Waals surface area contributed by atoms with Crippen molar-refractivity contribution < 1.29 is 14.3 Å². The highest BCUT2D eigenvalue weighted by Crippen LogP contribution is 2.33. The van der Waals surface area contributed by atoms with Gasteiger partial charge in [0, 0.05) is 31.9 Å². The smallest absolute Gasteiger partial charge is 0.254 e. The summed E-state index contributed by atoms with van der Waals surface area (Å²) in [7, 11) is 0. The number of aromatic nitrogens is 2. The van der Waals surface area contributed by atoms with Gasteiger partial charge < -0.3 is 20.3 Å². The summed E-state index contributed by atoms with van der Waals surface area (Å²) in [5.74, 6) is -1.12. The van der Waals surface area contributed by atoms with Crippen LogP contribution >= 0.6 is 0 Å². The van der Waals surface area contributed by atoms with Gasteiger partial charge in [0.2, 0.25) is 0 Å². The fraction of sp³-hybridized carbons (Fsp3) is 0.267. The van der Waals surface area contributed by atoms with Crippen LogP contribution in [0.25, 0.3) is 11.1 Å². The van der Waals surface area contributed by atoms with Gasteiger partial charge >= 0.3 is 0 Å². The number of aliphatic hydroxyl groups is 1. The molecule has 2 atom stereocenters. The molecule has 0 saturated heterocycles. The zero-order chi connectivity index (χ0) is 25.8. The summed E-state index contributed by atoms with van der Waals surface area (Å²) < 4.78 is 17.1. The molecule has 190 valence electrons. The van der Waals surface area contributed by atoms with Gasteiger partial charge in [-0.25, -0.2) is 9.37 Å². The summed E-state index contributed by atoms with van der Waals surface area (Å²) in [5.41, 5.74) is 5.61. The van der Waals surface area contributed by atoms with Crippen LogP contribution in [0.4, 0.5) is 4.39 Å². The minimum Gasteiger partial charge on any atom is -0.390 e. The van der Waals surface area contributed by atoms with Crippen LogP contribution in [0.1, 0.15) is 45.1 Å². The quantitative estimate of drug-likeness (QED) is 0.296. The van der Waals surface area contributed by atoms with Crippen molar-refractivity contribution in [3.8, 4) is 11.1 Å². The largest absolute Gasteiger partial charge is 0.390 e. The van der Waals surface area contributed by atoms with E-state index in [1.807, 2.05) is 66.5 Å². The van der Waals surface area contributed by atoms with Gasteiger partial charge in [0.15, 0.2) is 0 Å².